The molecule has 0 aromatic heterocycles. The lowest BCUT2D eigenvalue weighted by Gasteiger charge is -2.06. The first-order chi connectivity index (χ1) is 5.95. The first kappa shape index (κ1) is 11.4. The largest absolute Gasteiger partial charge is 0.478 e. The summed E-state index contributed by atoms with van der Waals surface area (Å²) in [6.45, 7) is 4.60. The molecule has 72 valence electrons. The van der Waals surface area contributed by atoms with Crippen molar-refractivity contribution in [2.75, 3.05) is 0 Å². The third-order valence-electron chi connectivity index (χ3n) is 1.44. The van der Waals surface area contributed by atoms with Crippen molar-refractivity contribution in [3.63, 3.8) is 0 Å². The van der Waals surface area contributed by atoms with Gasteiger partial charge in [0.2, 0.25) is 0 Å². The molecule has 0 atom stereocenters. The van der Waals surface area contributed by atoms with Gasteiger partial charge in [0, 0.05) is 11.1 Å². The number of aliphatic carboxylic acids is 2. The second-order valence-electron chi connectivity index (χ2n) is 2.66. The van der Waals surface area contributed by atoms with Crippen LogP contribution in [0.5, 0.6) is 0 Å². The van der Waals surface area contributed by atoms with Gasteiger partial charge in [-0.3, -0.25) is 0 Å². The highest BCUT2D eigenvalue weighted by molar-refractivity contribution is 5.87. The first-order valence-corrected chi connectivity index (χ1v) is 3.76. The highest BCUT2D eigenvalue weighted by Crippen LogP contribution is 2.16. The second kappa shape index (κ2) is 5.13. The van der Waals surface area contributed by atoms with E-state index in [-0.39, 0.29) is 5.57 Å². The Morgan fingerprint density at radius 1 is 1.46 bits per heavy atom. The molecular weight excluding hydrogens is 172 g/mol. The van der Waals surface area contributed by atoms with Crippen LogP contribution < -0.4 is 0 Å². The van der Waals surface area contributed by atoms with Gasteiger partial charge in [-0.15, -0.1) is 0 Å². The lowest BCUT2D eigenvalue weighted by atomic mass is 10.00. The van der Waals surface area contributed by atoms with Crippen molar-refractivity contribution in [3.8, 4) is 0 Å². The van der Waals surface area contributed by atoms with Crippen molar-refractivity contribution in [1.29, 1.82) is 0 Å². The highest BCUT2D eigenvalue weighted by Gasteiger charge is 2.11. The molecule has 1 aliphatic carbocycles. The van der Waals surface area contributed by atoms with Gasteiger partial charge in [0.25, 0.3) is 0 Å². The molecule has 0 aromatic carbocycles. The first-order valence-electron chi connectivity index (χ1n) is 3.76. The molecule has 0 spiro atoms. The monoisotopic (exact) mass is 184 g/mol. The second-order valence-corrected chi connectivity index (χ2v) is 2.66. The number of carbonyl (C=O) groups is 2. The molecule has 0 saturated carbocycles. The molecule has 0 aliphatic heterocycles. The lowest BCUT2D eigenvalue weighted by molar-refractivity contribution is -0.133. The third-order valence-corrected chi connectivity index (χ3v) is 1.44. The van der Waals surface area contributed by atoms with E-state index >= 15 is 0 Å². The average Bonchev–Trinajstić information content (AvgIpc) is 1.82. The lowest BCUT2D eigenvalue weighted by Crippen LogP contribution is -2.05. The highest BCUT2D eigenvalue weighted by atomic mass is 16.4. The van der Waals surface area contributed by atoms with E-state index in [1.54, 1.807) is 6.08 Å². The predicted octanol–water partition coefficient (Wildman–Crippen LogP) is 1.44. The molecule has 2 N–H and O–H groups in total. The zero-order chi connectivity index (χ0) is 10.4. The summed E-state index contributed by atoms with van der Waals surface area (Å²) in [5.74, 6) is -1.69. The van der Waals surface area contributed by atoms with Crippen molar-refractivity contribution < 1.29 is 19.8 Å². The maximum absolute atomic E-state index is 9.91. The van der Waals surface area contributed by atoms with E-state index in [1.165, 1.54) is 6.92 Å². The molecule has 0 amide bonds. The fraction of sp³-hybridized carbons (Fsp3) is 0.333. The van der Waals surface area contributed by atoms with E-state index in [4.69, 9.17) is 10.2 Å². The van der Waals surface area contributed by atoms with E-state index in [9.17, 15) is 9.59 Å². The van der Waals surface area contributed by atoms with Gasteiger partial charge < -0.3 is 10.2 Å². The minimum absolute atomic E-state index is 0.176. The van der Waals surface area contributed by atoms with Crippen LogP contribution in [-0.2, 0) is 9.59 Å². The fourth-order valence-corrected chi connectivity index (χ4v) is 0.483. The van der Waals surface area contributed by atoms with Crippen LogP contribution in [0.1, 0.15) is 19.8 Å². The van der Waals surface area contributed by atoms with Gasteiger partial charge in [-0.05, 0) is 19.8 Å². The number of allylic oxidation sites excluding steroid dienone is 1. The zero-order valence-electron chi connectivity index (χ0n) is 7.41. The predicted molar refractivity (Wildman–Crippen MR) is 47.4 cm³/mol. The molecule has 0 bridgehead atoms. The summed E-state index contributed by atoms with van der Waals surface area (Å²) in [6.07, 6.45) is 3.44. The maximum atomic E-state index is 9.91. The van der Waals surface area contributed by atoms with Crippen LogP contribution in [0.2, 0.25) is 0 Å². The number of hydrogen-bond acceptors (Lipinski definition) is 2. The third kappa shape index (κ3) is 4.79. The van der Waals surface area contributed by atoms with Gasteiger partial charge in [0.1, 0.15) is 0 Å². The SMILES string of the molecule is C=C(C)C(=O)O.O=C(O)C1=CCC1. The molecule has 4 nitrogen and oxygen atoms in total. The number of carboxylic acids is 2. The van der Waals surface area contributed by atoms with Crippen LogP contribution >= 0.6 is 0 Å². The maximum Gasteiger partial charge on any atom is 0.331 e. The molecule has 1 aliphatic rings. The van der Waals surface area contributed by atoms with Crippen LogP contribution in [0.25, 0.3) is 0 Å². The van der Waals surface area contributed by atoms with Crippen LogP contribution in [0.4, 0.5) is 0 Å². The normalized spacial score (nSPS) is 12.8. The van der Waals surface area contributed by atoms with E-state index in [1.807, 2.05) is 0 Å². The summed E-state index contributed by atoms with van der Waals surface area (Å²) in [5.41, 5.74) is 0.745. The van der Waals surface area contributed by atoms with Crippen molar-refractivity contribution in [2.45, 2.75) is 19.8 Å². The quantitative estimate of drug-likeness (QED) is 0.637. The van der Waals surface area contributed by atoms with E-state index < -0.39 is 11.9 Å². The zero-order valence-corrected chi connectivity index (χ0v) is 7.41. The Balaban J connectivity index is 0.000000226. The summed E-state index contributed by atoms with van der Waals surface area (Å²) in [6, 6.07) is 0. The molecular formula is C9H12O4. The summed E-state index contributed by atoms with van der Waals surface area (Å²) >= 11 is 0. The van der Waals surface area contributed by atoms with E-state index in [0.29, 0.717) is 5.57 Å². The molecule has 0 fully saturated rings. The van der Waals surface area contributed by atoms with Gasteiger partial charge in [0.15, 0.2) is 0 Å². The molecule has 4 heteroatoms. The minimum atomic E-state index is -0.935. The topological polar surface area (TPSA) is 74.6 Å². The van der Waals surface area contributed by atoms with Crippen LogP contribution in [0.3, 0.4) is 0 Å². The molecule has 0 saturated heterocycles. The summed E-state index contributed by atoms with van der Waals surface area (Å²) in [5, 5.41) is 16.1. The van der Waals surface area contributed by atoms with Crippen LogP contribution in [0, 0.1) is 0 Å². The Kier molecular flexibility index (Phi) is 4.51. The van der Waals surface area contributed by atoms with E-state index in [0.717, 1.165) is 12.8 Å². The molecule has 0 aromatic rings. The molecule has 13 heavy (non-hydrogen) atoms. The smallest absolute Gasteiger partial charge is 0.331 e. The Bertz CT molecular complexity index is 251. The Morgan fingerprint density at radius 3 is 1.85 bits per heavy atom. The average molecular weight is 184 g/mol. The van der Waals surface area contributed by atoms with Crippen LogP contribution in [-0.4, -0.2) is 22.2 Å². The molecule has 0 unspecified atom stereocenters. The van der Waals surface area contributed by atoms with Crippen molar-refractivity contribution in [1.82, 2.24) is 0 Å². The summed E-state index contributed by atoms with van der Waals surface area (Å²) in [7, 11) is 0. The Labute approximate surface area is 76.2 Å². The number of carboxylic acid groups (broad SMARTS) is 2. The van der Waals surface area contributed by atoms with Crippen molar-refractivity contribution in [3.05, 3.63) is 23.8 Å². The standard InChI is InChI=1S/C5H6O2.C4H6O2/c6-5(7)4-2-1-3-4;1-3(2)4(5)6/h2H,1,3H2,(H,6,7);1H2,2H3,(H,5,6). The van der Waals surface area contributed by atoms with Gasteiger partial charge >= 0.3 is 11.9 Å². The van der Waals surface area contributed by atoms with Gasteiger partial charge in [-0.2, -0.15) is 0 Å². The molecule has 0 radical (unpaired) electrons. The van der Waals surface area contributed by atoms with Gasteiger partial charge in [-0.25, -0.2) is 9.59 Å². The summed E-state index contributed by atoms with van der Waals surface area (Å²) < 4.78 is 0. The van der Waals surface area contributed by atoms with Crippen molar-refractivity contribution in [2.24, 2.45) is 0 Å². The van der Waals surface area contributed by atoms with Crippen LogP contribution in [0.15, 0.2) is 23.8 Å². The Morgan fingerprint density at radius 2 is 1.85 bits per heavy atom. The number of hydrogen-bond donors (Lipinski definition) is 2. The summed E-state index contributed by atoms with van der Waals surface area (Å²) in [4.78, 5) is 19.5. The van der Waals surface area contributed by atoms with E-state index in [2.05, 4.69) is 6.58 Å². The number of rotatable bonds is 2. The Hall–Kier alpha value is -1.58. The fourth-order valence-electron chi connectivity index (χ4n) is 0.483. The van der Waals surface area contributed by atoms with Crippen molar-refractivity contribution >= 4 is 11.9 Å². The molecule has 0 heterocycles. The molecule has 1 rings (SSSR count). The van der Waals surface area contributed by atoms with Gasteiger partial charge in [0.05, 0.1) is 0 Å². The minimum Gasteiger partial charge on any atom is -0.478 e. The van der Waals surface area contributed by atoms with Gasteiger partial charge in [-0.1, -0.05) is 12.7 Å².